The largest absolute Gasteiger partial charge is 0.350 e. The molecule has 0 spiro atoms. The van der Waals surface area contributed by atoms with Gasteiger partial charge in [-0.1, -0.05) is 6.07 Å². The summed E-state index contributed by atoms with van der Waals surface area (Å²) in [5.41, 5.74) is 2.25. The number of rotatable bonds is 5. The first-order valence-corrected chi connectivity index (χ1v) is 7.05. The fourth-order valence-electron chi connectivity index (χ4n) is 1.82. The molecule has 0 radical (unpaired) electrons. The van der Waals surface area contributed by atoms with E-state index in [1.807, 2.05) is 17.5 Å². The van der Waals surface area contributed by atoms with Crippen LogP contribution in [0.25, 0.3) is 10.6 Å². The SMILES string of the molecule is O=C(NCCc1cnc[nH]1)c1cc(-c2cccs2)[nH]n1. The van der Waals surface area contributed by atoms with Gasteiger partial charge in [0.1, 0.15) is 0 Å². The van der Waals surface area contributed by atoms with E-state index in [9.17, 15) is 4.79 Å². The Hall–Kier alpha value is -2.41. The van der Waals surface area contributed by atoms with Crippen LogP contribution < -0.4 is 5.32 Å². The molecule has 0 bridgehead atoms. The van der Waals surface area contributed by atoms with Crippen LogP contribution in [0.4, 0.5) is 0 Å². The number of amides is 1. The summed E-state index contributed by atoms with van der Waals surface area (Å²) in [6.07, 6.45) is 4.09. The number of aromatic nitrogens is 4. The van der Waals surface area contributed by atoms with Gasteiger partial charge in [0.2, 0.25) is 0 Å². The van der Waals surface area contributed by atoms with Crippen molar-refractivity contribution in [3.8, 4) is 10.6 Å². The zero-order valence-corrected chi connectivity index (χ0v) is 11.4. The fourth-order valence-corrected chi connectivity index (χ4v) is 2.51. The van der Waals surface area contributed by atoms with Crippen LogP contribution in [0.15, 0.2) is 36.1 Å². The van der Waals surface area contributed by atoms with Crippen LogP contribution >= 0.6 is 11.3 Å². The number of hydrogen-bond donors (Lipinski definition) is 3. The van der Waals surface area contributed by atoms with Crippen molar-refractivity contribution >= 4 is 17.2 Å². The summed E-state index contributed by atoms with van der Waals surface area (Å²) in [7, 11) is 0. The number of nitrogens with one attached hydrogen (secondary N) is 3. The Morgan fingerprint density at radius 1 is 1.45 bits per heavy atom. The maximum absolute atomic E-state index is 11.9. The molecule has 3 aromatic rings. The van der Waals surface area contributed by atoms with Gasteiger partial charge in [0, 0.05) is 24.9 Å². The standard InChI is InChI=1S/C13H13N5OS/c19-13(15-4-3-9-7-14-8-16-9)11-6-10(17-18-11)12-2-1-5-20-12/h1-2,5-8H,3-4H2,(H,14,16)(H,15,19)(H,17,18). The molecule has 3 N–H and O–H groups in total. The van der Waals surface area contributed by atoms with Crippen LogP contribution in [-0.4, -0.2) is 32.6 Å². The van der Waals surface area contributed by atoms with Crippen molar-refractivity contribution in [1.29, 1.82) is 0 Å². The van der Waals surface area contributed by atoms with E-state index in [4.69, 9.17) is 0 Å². The lowest BCUT2D eigenvalue weighted by atomic mass is 10.3. The maximum atomic E-state index is 11.9. The molecule has 0 aliphatic rings. The second-order valence-corrected chi connectivity index (χ2v) is 5.17. The Labute approximate surface area is 119 Å². The minimum Gasteiger partial charge on any atom is -0.350 e. The fraction of sp³-hybridized carbons (Fsp3) is 0.154. The maximum Gasteiger partial charge on any atom is 0.271 e. The normalized spacial score (nSPS) is 10.6. The van der Waals surface area contributed by atoms with Gasteiger partial charge < -0.3 is 10.3 Å². The smallest absolute Gasteiger partial charge is 0.271 e. The van der Waals surface area contributed by atoms with E-state index in [0.717, 1.165) is 16.3 Å². The average molecular weight is 287 g/mol. The van der Waals surface area contributed by atoms with E-state index < -0.39 is 0 Å². The number of carbonyl (C=O) groups excluding carboxylic acids is 1. The molecule has 3 rings (SSSR count). The molecule has 20 heavy (non-hydrogen) atoms. The van der Waals surface area contributed by atoms with E-state index in [1.54, 1.807) is 29.9 Å². The molecule has 1 amide bonds. The third kappa shape index (κ3) is 2.77. The second-order valence-electron chi connectivity index (χ2n) is 4.23. The first-order chi connectivity index (χ1) is 9.83. The van der Waals surface area contributed by atoms with E-state index in [1.165, 1.54) is 0 Å². The van der Waals surface area contributed by atoms with Gasteiger partial charge in [-0.25, -0.2) is 4.98 Å². The molecule has 0 fully saturated rings. The molecule has 0 aromatic carbocycles. The highest BCUT2D eigenvalue weighted by Crippen LogP contribution is 2.22. The predicted molar refractivity (Wildman–Crippen MR) is 76.5 cm³/mol. The number of imidazole rings is 1. The summed E-state index contributed by atoms with van der Waals surface area (Å²) >= 11 is 1.60. The molecule has 3 heterocycles. The van der Waals surface area contributed by atoms with Crippen LogP contribution in [0.1, 0.15) is 16.2 Å². The molecule has 0 saturated heterocycles. The lowest BCUT2D eigenvalue weighted by Gasteiger charge is -2.00. The van der Waals surface area contributed by atoms with Gasteiger partial charge in [-0.3, -0.25) is 9.89 Å². The van der Waals surface area contributed by atoms with Crippen LogP contribution in [0.5, 0.6) is 0 Å². The summed E-state index contributed by atoms with van der Waals surface area (Å²) in [5.74, 6) is -0.177. The van der Waals surface area contributed by atoms with Gasteiger partial charge in [0.15, 0.2) is 5.69 Å². The predicted octanol–water partition coefficient (Wildman–Crippen LogP) is 1.83. The molecule has 3 aromatic heterocycles. The average Bonchev–Trinajstić information content (AvgIpc) is 3.20. The van der Waals surface area contributed by atoms with E-state index in [-0.39, 0.29) is 5.91 Å². The summed E-state index contributed by atoms with van der Waals surface area (Å²) < 4.78 is 0. The molecule has 0 unspecified atom stereocenters. The summed E-state index contributed by atoms with van der Waals surface area (Å²) in [5, 5.41) is 11.7. The molecule has 7 heteroatoms. The monoisotopic (exact) mass is 287 g/mol. The van der Waals surface area contributed by atoms with Gasteiger partial charge in [-0.2, -0.15) is 5.10 Å². The number of aromatic amines is 2. The first kappa shape index (κ1) is 12.6. The van der Waals surface area contributed by atoms with Crippen molar-refractivity contribution in [3.05, 3.63) is 47.5 Å². The Morgan fingerprint density at radius 2 is 2.40 bits per heavy atom. The van der Waals surface area contributed by atoms with Crippen molar-refractivity contribution in [2.45, 2.75) is 6.42 Å². The Balaban J connectivity index is 1.57. The quantitative estimate of drug-likeness (QED) is 0.669. The topological polar surface area (TPSA) is 86.5 Å². The van der Waals surface area contributed by atoms with Crippen LogP contribution in [-0.2, 0) is 6.42 Å². The van der Waals surface area contributed by atoms with Gasteiger partial charge in [0.05, 0.1) is 16.9 Å². The number of nitrogens with zero attached hydrogens (tertiary/aromatic N) is 2. The van der Waals surface area contributed by atoms with Crippen LogP contribution in [0.3, 0.4) is 0 Å². The van der Waals surface area contributed by atoms with Gasteiger partial charge in [-0.15, -0.1) is 11.3 Å². The molecule has 6 nitrogen and oxygen atoms in total. The highest BCUT2D eigenvalue weighted by Gasteiger charge is 2.11. The third-order valence-electron chi connectivity index (χ3n) is 2.83. The van der Waals surface area contributed by atoms with Gasteiger partial charge >= 0.3 is 0 Å². The second kappa shape index (κ2) is 5.70. The number of thiophene rings is 1. The van der Waals surface area contributed by atoms with Crippen LogP contribution in [0.2, 0.25) is 0 Å². The number of H-pyrrole nitrogens is 2. The molecular formula is C13H13N5OS. The van der Waals surface area contributed by atoms with Crippen molar-refractivity contribution in [3.63, 3.8) is 0 Å². The molecule has 102 valence electrons. The summed E-state index contributed by atoms with van der Waals surface area (Å²) in [4.78, 5) is 19.9. The minimum atomic E-state index is -0.177. The number of carbonyl (C=O) groups is 1. The van der Waals surface area contributed by atoms with Crippen molar-refractivity contribution in [2.24, 2.45) is 0 Å². The highest BCUT2D eigenvalue weighted by molar-refractivity contribution is 7.13. The third-order valence-corrected chi connectivity index (χ3v) is 3.74. The number of hydrogen-bond acceptors (Lipinski definition) is 4. The minimum absolute atomic E-state index is 0.177. The Morgan fingerprint density at radius 3 is 3.15 bits per heavy atom. The highest BCUT2D eigenvalue weighted by atomic mass is 32.1. The van der Waals surface area contributed by atoms with Gasteiger partial charge in [0.25, 0.3) is 5.91 Å². The zero-order valence-electron chi connectivity index (χ0n) is 10.6. The molecular weight excluding hydrogens is 274 g/mol. The van der Waals surface area contributed by atoms with Crippen molar-refractivity contribution < 1.29 is 4.79 Å². The first-order valence-electron chi connectivity index (χ1n) is 6.17. The lowest BCUT2D eigenvalue weighted by molar-refractivity contribution is 0.0949. The zero-order chi connectivity index (χ0) is 13.8. The molecule has 0 aliphatic carbocycles. The molecule has 0 aliphatic heterocycles. The van der Waals surface area contributed by atoms with Crippen LogP contribution in [0, 0.1) is 0 Å². The van der Waals surface area contributed by atoms with Gasteiger partial charge in [-0.05, 0) is 17.5 Å². The van der Waals surface area contributed by atoms with E-state index in [2.05, 4.69) is 25.5 Å². The Bertz CT molecular complexity index is 672. The van der Waals surface area contributed by atoms with Crippen molar-refractivity contribution in [1.82, 2.24) is 25.5 Å². The van der Waals surface area contributed by atoms with E-state index >= 15 is 0 Å². The Kier molecular flexibility index (Phi) is 3.60. The lowest BCUT2D eigenvalue weighted by Crippen LogP contribution is -2.26. The molecule has 0 saturated carbocycles. The van der Waals surface area contributed by atoms with E-state index in [0.29, 0.717) is 18.7 Å². The molecule has 0 atom stereocenters. The summed E-state index contributed by atoms with van der Waals surface area (Å²) in [6.45, 7) is 0.544. The van der Waals surface area contributed by atoms with Crippen molar-refractivity contribution in [2.75, 3.05) is 6.54 Å². The summed E-state index contributed by atoms with van der Waals surface area (Å²) in [6, 6.07) is 5.71.